The zero-order valence-electron chi connectivity index (χ0n) is 41.8. The molecule has 4 aromatic carbocycles. The van der Waals surface area contributed by atoms with Crippen LogP contribution in [0, 0.1) is 25.7 Å². The number of carbonyl (C=O) groups excluding carboxylic acids is 4. The molecular formula is C58H68Cl2N6O6. The van der Waals surface area contributed by atoms with Crippen LogP contribution in [0.1, 0.15) is 142 Å². The van der Waals surface area contributed by atoms with Crippen LogP contribution >= 0.6 is 23.2 Å². The summed E-state index contributed by atoms with van der Waals surface area (Å²) in [4.78, 5) is 55.3. The van der Waals surface area contributed by atoms with Crippen LogP contribution in [0.15, 0.2) is 85.2 Å². The van der Waals surface area contributed by atoms with Gasteiger partial charge < -0.3 is 19.3 Å². The molecule has 0 aliphatic carbocycles. The van der Waals surface area contributed by atoms with Crippen LogP contribution < -0.4 is 0 Å². The Kier molecular flexibility index (Phi) is 17.2. The molecule has 0 spiro atoms. The van der Waals surface area contributed by atoms with Crippen LogP contribution in [0.3, 0.4) is 0 Å². The minimum atomic E-state index is 0.0674. The van der Waals surface area contributed by atoms with E-state index >= 15 is 0 Å². The molecule has 6 aromatic rings. The van der Waals surface area contributed by atoms with E-state index < -0.39 is 0 Å². The lowest BCUT2D eigenvalue weighted by atomic mass is 9.96. The van der Waals surface area contributed by atoms with Crippen molar-refractivity contribution in [3.05, 3.63) is 129 Å². The number of amides is 2. The Morgan fingerprint density at radius 2 is 0.917 bits per heavy atom. The Balaban J connectivity index is 0.000000178. The number of hydrogen-bond acceptors (Lipinski definition) is 8. The highest BCUT2D eigenvalue weighted by Gasteiger charge is 2.27. The van der Waals surface area contributed by atoms with E-state index in [0.29, 0.717) is 45.8 Å². The first-order valence-corrected chi connectivity index (χ1v) is 27.0. The van der Waals surface area contributed by atoms with Gasteiger partial charge in [0.05, 0.1) is 23.2 Å². The number of benzene rings is 4. The molecule has 0 bridgehead atoms. The van der Waals surface area contributed by atoms with Crippen molar-refractivity contribution >= 4 is 68.4 Å². The molecule has 0 unspecified atom stereocenters. The number of hydrogen-bond donors (Lipinski definition) is 0. The molecule has 0 radical (unpaired) electrons. The minimum Gasteiger partial charge on any atom is -0.378 e. The number of carbonyl (C=O) groups is 4. The summed E-state index contributed by atoms with van der Waals surface area (Å²) in [5.41, 5.74) is 6.84. The maximum atomic E-state index is 13.0. The summed E-state index contributed by atoms with van der Waals surface area (Å²) in [5.74, 6) is 1.44. The Labute approximate surface area is 433 Å². The number of aryl methyl sites for hydroxylation is 2. The Hall–Kier alpha value is -5.40. The lowest BCUT2D eigenvalue weighted by molar-refractivity contribution is 0.0104. The van der Waals surface area contributed by atoms with Crippen molar-refractivity contribution in [1.82, 2.24) is 29.4 Å². The minimum absolute atomic E-state index is 0.0674. The molecule has 0 saturated carbocycles. The molecule has 4 fully saturated rings. The molecule has 4 saturated heterocycles. The van der Waals surface area contributed by atoms with Crippen LogP contribution in [0.25, 0.3) is 21.8 Å². The van der Waals surface area contributed by atoms with Crippen molar-refractivity contribution < 1.29 is 28.7 Å². The van der Waals surface area contributed by atoms with Gasteiger partial charge in [0.2, 0.25) is 0 Å². The fourth-order valence-electron chi connectivity index (χ4n) is 11.0. The summed E-state index contributed by atoms with van der Waals surface area (Å²) < 4.78 is 15.6. The summed E-state index contributed by atoms with van der Waals surface area (Å²) in [6.07, 6.45) is 17.8. The molecular weight excluding hydrogens is 948 g/mol. The van der Waals surface area contributed by atoms with Crippen molar-refractivity contribution in [2.75, 3.05) is 39.4 Å². The number of nitrogens with zero attached hydrogens (tertiary/aromatic N) is 6. The van der Waals surface area contributed by atoms with Gasteiger partial charge >= 0.3 is 0 Å². The van der Waals surface area contributed by atoms with E-state index in [0.717, 1.165) is 161 Å². The summed E-state index contributed by atoms with van der Waals surface area (Å²) >= 11 is 11.9. The third kappa shape index (κ3) is 12.9. The predicted molar refractivity (Wildman–Crippen MR) is 283 cm³/mol. The second-order valence-corrected chi connectivity index (χ2v) is 21.3. The standard InChI is InChI=1S/2C29H34ClN3O3/c2*1-20-25(28(34)12-9-24-4-2-3-17-36-24)10-11-27-26(20)19-33(31-27)18-21-13-15-32(16-14-21)29(35)22-5-7-23(30)8-6-22/h2*5-8,10-11,19,21,24H,2-4,9,12-18H2,1H3/t2*24-/m10/s1. The summed E-state index contributed by atoms with van der Waals surface area (Å²) in [6, 6.07) is 22.0. The summed E-state index contributed by atoms with van der Waals surface area (Å²) in [7, 11) is 0. The Bertz CT molecular complexity index is 2640. The van der Waals surface area contributed by atoms with Gasteiger partial charge in [-0.1, -0.05) is 23.2 Å². The third-order valence-electron chi connectivity index (χ3n) is 15.4. The number of likely N-dealkylation sites (tertiary alicyclic amines) is 2. The van der Waals surface area contributed by atoms with Crippen LogP contribution in [0.4, 0.5) is 0 Å². The first-order valence-electron chi connectivity index (χ1n) is 26.3. The molecule has 10 rings (SSSR count). The van der Waals surface area contributed by atoms with Crippen molar-refractivity contribution in [1.29, 1.82) is 0 Å². The maximum absolute atomic E-state index is 13.0. The SMILES string of the molecule is Cc1c(C(=O)CC[C@@H]2CCCCO2)ccc2nn(CC3CCN(C(=O)c4ccc(Cl)cc4)CC3)cc12.Cc1c(C(=O)CC[C@H]2CCCCO2)ccc2nn(CC3CCN(C(=O)c4ccc(Cl)cc4)CC3)cc12. The molecule has 4 aliphatic heterocycles. The van der Waals surface area contributed by atoms with E-state index in [4.69, 9.17) is 42.9 Å². The zero-order valence-corrected chi connectivity index (χ0v) is 43.3. The molecule has 72 heavy (non-hydrogen) atoms. The molecule has 2 aromatic heterocycles. The molecule has 2 amide bonds. The van der Waals surface area contributed by atoms with Crippen molar-refractivity contribution in [3.8, 4) is 0 Å². The second-order valence-electron chi connectivity index (χ2n) is 20.4. The molecule has 14 heteroatoms. The largest absolute Gasteiger partial charge is 0.378 e. The van der Waals surface area contributed by atoms with Crippen LogP contribution in [0.5, 0.6) is 0 Å². The van der Waals surface area contributed by atoms with Crippen LogP contribution in [-0.4, -0.2) is 104 Å². The van der Waals surface area contributed by atoms with Crippen LogP contribution in [-0.2, 0) is 22.6 Å². The Morgan fingerprint density at radius 3 is 1.28 bits per heavy atom. The number of ketones is 2. The van der Waals surface area contributed by atoms with E-state index in [9.17, 15) is 19.2 Å². The van der Waals surface area contributed by atoms with E-state index in [1.165, 1.54) is 12.8 Å². The Morgan fingerprint density at radius 1 is 0.528 bits per heavy atom. The summed E-state index contributed by atoms with van der Waals surface area (Å²) in [5, 5.41) is 12.9. The van der Waals surface area contributed by atoms with Crippen LogP contribution in [0.2, 0.25) is 10.0 Å². The second kappa shape index (κ2) is 24.1. The molecule has 4 aliphatic rings. The van der Waals surface area contributed by atoms with Crippen molar-refractivity contribution in [3.63, 3.8) is 0 Å². The predicted octanol–water partition coefficient (Wildman–Crippen LogP) is 12.2. The number of halogens is 2. The van der Waals surface area contributed by atoms with E-state index in [1.807, 2.05) is 57.3 Å². The van der Waals surface area contributed by atoms with Gasteiger partial charge in [0.25, 0.3) is 11.8 Å². The molecule has 12 nitrogen and oxygen atoms in total. The number of piperidine rings is 2. The van der Waals surface area contributed by atoms with Gasteiger partial charge in [0.15, 0.2) is 11.6 Å². The average Bonchev–Trinajstić information content (AvgIpc) is 4.03. The molecule has 0 N–H and O–H groups in total. The number of aromatic nitrogens is 4. The fourth-order valence-corrected chi connectivity index (χ4v) is 11.2. The number of rotatable bonds is 14. The van der Waals surface area contributed by atoms with Gasteiger partial charge in [-0.05, 0) is 187 Å². The summed E-state index contributed by atoms with van der Waals surface area (Å²) in [6.45, 7) is 10.3. The normalized spacial score (nSPS) is 19.1. The highest BCUT2D eigenvalue weighted by Crippen LogP contribution is 2.29. The first kappa shape index (κ1) is 51.5. The first-order chi connectivity index (χ1) is 34.9. The fraction of sp³-hybridized carbons (Fsp3) is 0.483. The number of fused-ring (bicyclic) bond motifs is 2. The lowest BCUT2D eigenvalue weighted by Crippen LogP contribution is -2.39. The van der Waals surface area contributed by atoms with Gasteiger partial charge in [0, 0.05) is 121 Å². The smallest absolute Gasteiger partial charge is 0.253 e. The van der Waals surface area contributed by atoms with Gasteiger partial charge in [-0.25, -0.2) is 0 Å². The van der Waals surface area contributed by atoms with Gasteiger partial charge in [-0.3, -0.25) is 28.5 Å². The van der Waals surface area contributed by atoms with E-state index in [2.05, 4.69) is 12.4 Å². The average molecular weight is 1020 g/mol. The highest BCUT2D eigenvalue weighted by molar-refractivity contribution is 6.31. The topological polar surface area (TPSA) is 129 Å². The van der Waals surface area contributed by atoms with E-state index in [-0.39, 0.29) is 35.6 Å². The van der Waals surface area contributed by atoms with Crippen molar-refractivity contribution in [2.45, 2.75) is 129 Å². The van der Waals surface area contributed by atoms with Crippen molar-refractivity contribution in [2.24, 2.45) is 11.8 Å². The number of Topliss-reactive ketones (excluding diaryl/α,β-unsaturated/α-hetero) is 2. The monoisotopic (exact) mass is 1010 g/mol. The lowest BCUT2D eigenvalue weighted by Gasteiger charge is -2.32. The molecule has 6 heterocycles. The highest BCUT2D eigenvalue weighted by atomic mass is 35.5. The van der Waals surface area contributed by atoms with Gasteiger partial charge in [-0.15, -0.1) is 0 Å². The molecule has 380 valence electrons. The quantitative estimate of drug-likeness (QED) is 0.0987. The number of ether oxygens (including phenoxy) is 2. The maximum Gasteiger partial charge on any atom is 0.253 e. The van der Waals surface area contributed by atoms with Gasteiger partial charge in [-0.2, -0.15) is 10.2 Å². The third-order valence-corrected chi connectivity index (χ3v) is 15.9. The van der Waals surface area contributed by atoms with E-state index in [1.54, 1.807) is 48.5 Å². The zero-order chi connectivity index (χ0) is 50.1. The van der Waals surface area contributed by atoms with Gasteiger partial charge in [0.1, 0.15) is 0 Å². The molecule has 2 atom stereocenters.